The molecule has 1 aromatic carbocycles. The molecule has 2 N–H and O–H groups in total. The minimum absolute atomic E-state index is 0.230. The molecule has 0 spiro atoms. The van der Waals surface area contributed by atoms with Crippen molar-refractivity contribution in [2.75, 3.05) is 50.0 Å². The Morgan fingerprint density at radius 3 is 2.76 bits per heavy atom. The molecule has 0 saturated carbocycles. The highest BCUT2D eigenvalue weighted by atomic mass is 19.1. The molecule has 0 amide bonds. The number of nitrogens with zero attached hydrogens (tertiary/aromatic N) is 3. The first-order valence-electron chi connectivity index (χ1n) is 8.57. The van der Waals surface area contributed by atoms with E-state index in [2.05, 4.69) is 25.5 Å². The lowest BCUT2D eigenvalue weighted by Crippen LogP contribution is -2.39. The van der Waals surface area contributed by atoms with Gasteiger partial charge in [0, 0.05) is 50.0 Å². The van der Waals surface area contributed by atoms with E-state index in [0.29, 0.717) is 18.1 Å². The smallest absolute Gasteiger partial charge is 0.225 e. The molecular formula is C18H24FN5O. The van der Waals surface area contributed by atoms with Crippen molar-refractivity contribution in [3.05, 3.63) is 47.4 Å². The van der Waals surface area contributed by atoms with Crippen molar-refractivity contribution in [2.24, 2.45) is 0 Å². The van der Waals surface area contributed by atoms with Gasteiger partial charge in [0.15, 0.2) is 0 Å². The number of rotatable bonds is 7. The van der Waals surface area contributed by atoms with Crippen LogP contribution in [0.2, 0.25) is 0 Å². The molecule has 0 unspecified atom stereocenters. The molecule has 0 atom stereocenters. The number of halogens is 1. The standard InChI is InChI=1S/C18H24FN5O/c1-14-12-17(20-6-7-24-8-10-25-11-9-24)23-18(22-14)21-13-15-4-2-3-5-16(15)19/h2-5,12H,6-11,13H2,1H3,(H2,20,21,22,23). The Morgan fingerprint density at radius 1 is 1.16 bits per heavy atom. The number of benzene rings is 1. The lowest BCUT2D eigenvalue weighted by molar-refractivity contribution is 0.0398. The first kappa shape index (κ1) is 17.6. The van der Waals surface area contributed by atoms with Crippen LogP contribution in [0.3, 0.4) is 0 Å². The lowest BCUT2D eigenvalue weighted by Gasteiger charge is -2.26. The maximum absolute atomic E-state index is 13.7. The van der Waals surface area contributed by atoms with E-state index in [0.717, 1.165) is 50.9 Å². The van der Waals surface area contributed by atoms with Crippen LogP contribution in [0.25, 0.3) is 0 Å². The van der Waals surface area contributed by atoms with E-state index in [1.807, 2.05) is 19.1 Å². The fraction of sp³-hybridized carbons (Fsp3) is 0.444. The summed E-state index contributed by atoms with van der Waals surface area (Å²) >= 11 is 0. The van der Waals surface area contributed by atoms with Crippen LogP contribution in [0.1, 0.15) is 11.3 Å². The van der Waals surface area contributed by atoms with Gasteiger partial charge in [0.25, 0.3) is 0 Å². The largest absolute Gasteiger partial charge is 0.379 e. The molecular weight excluding hydrogens is 321 g/mol. The fourth-order valence-corrected chi connectivity index (χ4v) is 2.72. The Morgan fingerprint density at radius 2 is 1.96 bits per heavy atom. The molecule has 0 aliphatic carbocycles. The van der Waals surface area contributed by atoms with Crippen LogP contribution < -0.4 is 10.6 Å². The van der Waals surface area contributed by atoms with Gasteiger partial charge in [-0.3, -0.25) is 4.90 Å². The first-order chi connectivity index (χ1) is 12.2. The van der Waals surface area contributed by atoms with Crippen LogP contribution in [0.5, 0.6) is 0 Å². The topological polar surface area (TPSA) is 62.3 Å². The van der Waals surface area contributed by atoms with Crippen molar-refractivity contribution in [3.8, 4) is 0 Å². The average molecular weight is 345 g/mol. The van der Waals surface area contributed by atoms with Gasteiger partial charge in [-0.15, -0.1) is 0 Å². The van der Waals surface area contributed by atoms with Crippen molar-refractivity contribution in [1.29, 1.82) is 0 Å². The summed E-state index contributed by atoms with van der Waals surface area (Å²) in [5.41, 5.74) is 1.45. The Hall–Kier alpha value is -2.25. The third-order valence-electron chi connectivity index (χ3n) is 4.09. The number of nitrogens with one attached hydrogen (secondary N) is 2. The second kappa shape index (κ2) is 8.73. The Balaban J connectivity index is 1.53. The van der Waals surface area contributed by atoms with Crippen molar-refractivity contribution in [3.63, 3.8) is 0 Å². The van der Waals surface area contributed by atoms with Crippen molar-refractivity contribution in [1.82, 2.24) is 14.9 Å². The molecule has 2 aromatic rings. The molecule has 25 heavy (non-hydrogen) atoms. The SMILES string of the molecule is Cc1cc(NCCN2CCOCC2)nc(NCc2ccccc2F)n1. The summed E-state index contributed by atoms with van der Waals surface area (Å²) in [5, 5.41) is 6.43. The van der Waals surface area contributed by atoms with Crippen LogP contribution >= 0.6 is 0 Å². The summed E-state index contributed by atoms with van der Waals surface area (Å²) in [6, 6.07) is 8.61. The van der Waals surface area contributed by atoms with Gasteiger partial charge in [-0.2, -0.15) is 4.98 Å². The second-order valence-corrected chi connectivity index (χ2v) is 6.04. The van der Waals surface area contributed by atoms with Gasteiger partial charge in [-0.05, 0) is 13.0 Å². The van der Waals surface area contributed by atoms with Gasteiger partial charge >= 0.3 is 0 Å². The highest BCUT2D eigenvalue weighted by molar-refractivity contribution is 5.42. The third kappa shape index (κ3) is 5.37. The number of hydrogen-bond acceptors (Lipinski definition) is 6. The molecule has 3 rings (SSSR count). The van der Waals surface area contributed by atoms with E-state index in [4.69, 9.17) is 4.74 Å². The van der Waals surface area contributed by atoms with Crippen LogP contribution in [0.4, 0.5) is 16.2 Å². The monoisotopic (exact) mass is 345 g/mol. The average Bonchev–Trinajstić information content (AvgIpc) is 2.62. The van der Waals surface area contributed by atoms with E-state index >= 15 is 0 Å². The molecule has 1 fully saturated rings. The Bertz CT molecular complexity index is 691. The van der Waals surface area contributed by atoms with E-state index in [1.54, 1.807) is 12.1 Å². The van der Waals surface area contributed by atoms with Gasteiger partial charge in [0.2, 0.25) is 5.95 Å². The summed E-state index contributed by atoms with van der Waals surface area (Å²) in [5.74, 6) is 1.04. The maximum Gasteiger partial charge on any atom is 0.225 e. The van der Waals surface area contributed by atoms with Crippen molar-refractivity contribution >= 4 is 11.8 Å². The molecule has 6 nitrogen and oxygen atoms in total. The summed E-state index contributed by atoms with van der Waals surface area (Å²) < 4.78 is 19.0. The Kier molecular flexibility index (Phi) is 6.14. The molecule has 0 radical (unpaired) electrons. The molecule has 134 valence electrons. The van der Waals surface area contributed by atoms with Crippen molar-refractivity contribution < 1.29 is 9.13 Å². The number of aromatic nitrogens is 2. The van der Waals surface area contributed by atoms with Gasteiger partial charge < -0.3 is 15.4 Å². The number of ether oxygens (including phenoxy) is 1. The lowest BCUT2D eigenvalue weighted by atomic mass is 10.2. The summed E-state index contributed by atoms with van der Waals surface area (Å²) in [6.45, 7) is 7.58. The zero-order valence-electron chi connectivity index (χ0n) is 14.5. The van der Waals surface area contributed by atoms with Gasteiger partial charge in [0.05, 0.1) is 13.2 Å². The number of aryl methyl sites for hydroxylation is 1. The minimum atomic E-state index is -0.230. The molecule has 1 saturated heterocycles. The summed E-state index contributed by atoms with van der Waals surface area (Å²) in [7, 11) is 0. The number of hydrogen-bond donors (Lipinski definition) is 2. The molecule has 0 bridgehead atoms. The number of anilines is 2. The van der Waals surface area contributed by atoms with E-state index in [-0.39, 0.29) is 5.82 Å². The molecule has 2 heterocycles. The normalized spacial score (nSPS) is 15.1. The maximum atomic E-state index is 13.7. The summed E-state index contributed by atoms with van der Waals surface area (Å²) in [4.78, 5) is 11.2. The van der Waals surface area contributed by atoms with Crippen LogP contribution in [-0.2, 0) is 11.3 Å². The molecule has 1 aliphatic heterocycles. The van der Waals surface area contributed by atoms with Crippen LogP contribution in [0, 0.1) is 12.7 Å². The molecule has 1 aromatic heterocycles. The molecule has 7 heteroatoms. The number of morpholine rings is 1. The van der Waals surface area contributed by atoms with E-state index in [9.17, 15) is 4.39 Å². The van der Waals surface area contributed by atoms with Crippen LogP contribution in [-0.4, -0.2) is 54.3 Å². The summed E-state index contributed by atoms with van der Waals surface area (Å²) in [6.07, 6.45) is 0. The zero-order chi connectivity index (χ0) is 17.5. The quantitative estimate of drug-likeness (QED) is 0.803. The van der Waals surface area contributed by atoms with E-state index in [1.165, 1.54) is 6.07 Å². The van der Waals surface area contributed by atoms with E-state index < -0.39 is 0 Å². The molecule has 1 aliphatic rings. The second-order valence-electron chi connectivity index (χ2n) is 6.04. The Labute approximate surface area is 147 Å². The van der Waals surface area contributed by atoms with Crippen LogP contribution in [0.15, 0.2) is 30.3 Å². The van der Waals surface area contributed by atoms with Gasteiger partial charge in [-0.1, -0.05) is 18.2 Å². The van der Waals surface area contributed by atoms with Gasteiger partial charge in [-0.25, -0.2) is 9.37 Å². The first-order valence-corrected chi connectivity index (χ1v) is 8.57. The fourth-order valence-electron chi connectivity index (χ4n) is 2.72. The highest BCUT2D eigenvalue weighted by Gasteiger charge is 2.10. The zero-order valence-corrected chi connectivity index (χ0v) is 14.5. The highest BCUT2D eigenvalue weighted by Crippen LogP contribution is 2.12. The minimum Gasteiger partial charge on any atom is -0.379 e. The van der Waals surface area contributed by atoms with Gasteiger partial charge in [0.1, 0.15) is 11.6 Å². The predicted octanol–water partition coefficient (Wildman–Crippen LogP) is 2.28. The predicted molar refractivity (Wildman–Crippen MR) is 96.2 cm³/mol. The van der Waals surface area contributed by atoms with Crippen molar-refractivity contribution in [2.45, 2.75) is 13.5 Å². The third-order valence-corrected chi connectivity index (χ3v) is 4.09.